The van der Waals surface area contributed by atoms with Crippen LogP contribution in [0.25, 0.3) is 0 Å². The summed E-state index contributed by atoms with van der Waals surface area (Å²) in [4.78, 5) is 69.3. The Labute approximate surface area is 339 Å². The summed E-state index contributed by atoms with van der Waals surface area (Å²) >= 11 is 6.41. The molecule has 1 saturated heterocycles. The van der Waals surface area contributed by atoms with Crippen LogP contribution in [0.15, 0.2) is 47.4 Å². The van der Waals surface area contributed by atoms with E-state index in [4.69, 9.17) is 30.5 Å². The van der Waals surface area contributed by atoms with Crippen molar-refractivity contribution >= 4 is 72.4 Å². The number of halogens is 1. The van der Waals surface area contributed by atoms with Gasteiger partial charge in [0.1, 0.15) is 5.92 Å². The third-order valence-corrected chi connectivity index (χ3v) is 11.7. The quantitative estimate of drug-likeness (QED) is 0.144. The number of methoxy groups -OCH3 is 2. The molecular weight excluding hydrogens is 822 g/mol. The summed E-state index contributed by atoms with van der Waals surface area (Å²) in [6.07, 6.45) is 5.11. The molecule has 2 heterocycles. The minimum atomic E-state index is -4.33. The predicted molar refractivity (Wildman–Crippen MR) is 208 cm³/mol. The number of nitrogens with one attached hydrogen (secondary N) is 3. The van der Waals surface area contributed by atoms with Crippen LogP contribution in [0.2, 0.25) is 5.02 Å². The molecule has 58 heavy (non-hydrogen) atoms. The molecular formula is C37H42ClN5O13S2. The van der Waals surface area contributed by atoms with Crippen LogP contribution in [-0.2, 0) is 45.7 Å². The third kappa shape index (κ3) is 11.6. The first-order chi connectivity index (χ1) is 27.5. The molecule has 3 N–H and O–H groups in total. The largest absolute Gasteiger partial charge is 0.481 e. The monoisotopic (exact) mass is 863 g/mol. The fourth-order valence-electron chi connectivity index (χ4n) is 6.14. The number of ether oxygens (including phenoxy) is 4. The van der Waals surface area contributed by atoms with E-state index >= 15 is 0 Å². The van der Waals surface area contributed by atoms with Gasteiger partial charge >= 0.3 is 16.2 Å². The van der Waals surface area contributed by atoms with E-state index in [1.807, 2.05) is 0 Å². The summed E-state index contributed by atoms with van der Waals surface area (Å²) in [5, 5.41) is 2.08. The van der Waals surface area contributed by atoms with Gasteiger partial charge in [0.2, 0.25) is 17.7 Å². The molecule has 312 valence electrons. The number of aromatic nitrogens is 2. The van der Waals surface area contributed by atoms with Crippen LogP contribution in [0.3, 0.4) is 0 Å². The molecule has 1 unspecified atom stereocenters. The van der Waals surface area contributed by atoms with Gasteiger partial charge in [-0.15, -0.1) is 0 Å². The average molecular weight is 864 g/mol. The zero-order valence-electron chi connectivity index (χ0n) is 31.7. The number of nitrogens with zero attached hydrogens (tertiary/aromatic N) is 2. The van der Waals surface area contributed by atoms with Crippen molar-refractivity contribution in [2.45, 2.75) is 62.6 Å². The number of Topliss-reactive ketones (excluding diaryl/α,β-unsaturated/α-hetero) is 4. The Balaban J connectivity index is 0.000000221. The third-order valence-electron chi connectivity index (χ3n) is 9.13. The van der Waals surface area contributed by atoms with Crippen molar-refractivity contribution in [1.29, 1.82) is 0 Å². The lowest BCUT2D eigenvalue weighted by molar-refractivity contribution is -0.133. The van der Waals surface area contributed by atoms with Gasteiger partial charge in [-0.3, -0.25) is 29.2 Å². The Morgan fingerprint density at radius 3 is 2.12 bits per heavy atom. The van der Waals surface area contributed by atoms with E-state index in [1.165, 1.54) is 44.6 Å². The maximum atomic E-state index is 12.9. The lowest BCUT2D eigenvalue weighted by atomic mass is 9.81. The molecule has 0 radical (unpaired) electrons. The molecule has 2 aliphatic carbocycles. The first-order valence-electron chi connectivity index (χ1n) is 18.0. The predicted octanol–water partition coefficient (Wildman–Crippen LogP) is 4.13. The standard InChI is InChI=1S/C20H23ClO7S.C17H19N5O6S/c1-29(25,26)17-8-7-13(20(24)18-15(22)5-2-6-16(18)23)19(21)14(17)11-27-10-12-4-3-9-28-12;1-27-13-9-14(28-2)19-16(18-13)20-17(24)22-29(25,26)21-12-6-4-3-5-11(12)15(23)10-7-8-10/h7-8,12,18H,2-6,9-11H2,1H3;3-6,9-10,21H,7-8H2,1-2H3,(H2,18,19,20,22,24). The van der Waals surface area contributed by atoms with Crippen LogP contribution in [0.5, 0.6) is 11.8 Å². The molecule has 2 saturated carbocycles. The highest BCUT2D eigenvalue weighted by Gasteiger charge is 2.38. The first-order valence-corrected chi connectivity index (χ1v) is 21.8. The Morgan fingerprint density at radius 2 is 1.53 bits per heavy atom. The second-order valence-corrected chi connectivity index (χ2v) is 17.3. The normalized spacial score (nSPS) is 17.1. The van der Waals surface area contributed by atoms with Gasteiger partial charge in [0, 0.05) is 48.3 Å². The Hall–Kier alpha value is -5.02. The number of hydrogen-bond donors (Lipinski definition) is 3. The van der Waals surface area contributed by atoms with Crippen LogP contribution in [-0.4, -0.2) is 95.8 Å². The summed E-state index contributed by atoms with van der Waals surface area (Å²) in [5.41, 5.74) is 0.447. The molecule has 3 fully saturated rings. The highest BCUT2D eigenvalue weighted by atomic mass is 35.5. The smallest absolute Gasteiger partial charge is 0.336 e. The van der Waals surface area contributed by atoms with Gasteiger partial charge in [-0.2, -0.15) is 18.4 Å². The number of ketones is 4. The van der Waals surface area contributed by atoms with E-state index in [2.05, 4.69) is 20.0 Å². The van der Waals surface area contributed by atoms with Crippen molar-refractivity contribution in [2.75, 3.05) is 43.7 Å². The molecule has 0 spiro atoms. The number of rotatable bonds is 15. The van der Waals surface area contributed by atoms with E-state index in [0.29, 0.717) is 13.0 Å². The number of benzene rings is 2. The topological polar surface area (TPSA) is 252 Å². The molecule has 2 amide bonds. The van der Waals surface area contributed by atoms with E-state index in [-0.39, 0.29) is 93.9 Å². The van der Waals surface area contributed by atoms with E-state index in [0.717, 1.165) is 31.9 Å². The first kappa shape index (κ1) is 44.1. The highest BCUT2D eigenvalue weighted by Crippen LogP contribution is 2.35. The van der Waals surface area contributed by atoms with Gasteiger partial charge in [-0.1, -0.05) is 23.7 Å². The second kappa shape index (κ2) is 19.2. The number of para-hydroxylation sites is 1. The summed E-state index contributed by atoms with van der Waals surface area (Å²) < 4.78 is 74.0. The fraction of sp³-hybridized carbons (Fsp3) is 0.432. The molecule has 6 rings (SSSR count). The summed E-state index contributed by atoms with van der Waals surface area (Å²) in [5.74, 6) is -3.13. The molecule has 0 bridgehead atoms. The van der Waals surface area contributed by atoms with Gasteiger partial charge in [-0.25, -0.2) is 17.9 Å². The van der Waals surface area contributed by atoms with Gasteiger partial charge in [-0.05, 0) is 56.4 Å². The number of carbonyl (C=O) groups excluding carboxylic acids is 5. The zero-order chi connectivity index (χ0) is 42.2. The number of sulfone groups is 1. The van der Waals surface area contributed by atoms with Crippen molar-refractivity contribution in [3.63, 3.8) is 0 Å². The SMILES string of the molecule is COc1cc(OC)nc(NC(=O)NS(=O)(=O)Nc2ccccc2C(=O)C2CC2)n1.CS(=O)(=O)c1ccc(C(=O)C2C(=O)CCCC2=O)c(Cl)c1COCC1CCCO1. The summed E-state index contributed by atoms with van der Waals surface area (Å²) in [6, 6.07) is 9.02. The fourth-order valence-corrected chi connectivity index (χ4v) is 8.24. The number of anilines is 2. The van der Waals surface area contributed by atoms with Gasteiger partial charge in [0.25, 0.3) is 0 Å². The van der Waals surface area contributed by atoms with Crippen LogP contribution in [0.1, 0.15) is 71.2 Å². The molecule has 3 aliphatic rings. The lowest BCUT2D eigenvalue weighted by Crippen LogP contribution is -2.38. The number of carbonyl (C=O) groups is 5. The van der Waals surface area contributed by atoms with Crippen LogP contribution >= 0.6 is 11.6 Å². The molecule has 3 aromatic rings. The van der Waals surface area contributed by atoms with Gasteiger partial charge < -0.3 is 18.9 Å². The van der Waals surface area contributed by atoms with E-state index in [1.54, 1.807) is 16.9 Å². The second-order valence-electron chi connectivity index (χ2n) is 13.5. The molecule has 1 aliphatic heterocycles. The lowest BCUT2D eigenvalue weighted by Gasteiger charge is -2.20. The highest BCUT2D eigenvalue weighted by molar-refractivity contribution is 7.91. The van der Waals surface area contributed by atoms with Crippen molar-refractivity contribution in [1.82, 2.24) is 14.7 Å². The molecule has 1 aromatic heterocycles. The summed E-state index contributed by atoms with van der Waals surface area (Å²) in [7, 11) is -5.24. The minimum absolute atomic E-state index is 0.0385. The van der Waals surface area contributed by atoms with E-state index in [9.17, 15) is 40.8 Å². The van der Waals surface area contributed by atoms with Crippen LogP contribution in [0, 0.1) is 11.8 Å². The average Bonchev–Trinajstić information content (AvgIpc) is 3.89. The zero-order valence-corrected chi connectivity index (χ0v) is 34.1. The van der Waals surface area contributed by atoms with Crippen molar-refractivity contribution < 1.29 is 59.8 Å². The number of amides is 2. The van der Waals surface area contributed by atoms with Crippen molar-refractivity contribution in [3.05, 3.63) is 64.2 Å². The van der Waals surface area contributed by atoms with Gasteiger partial charge in [0.05, 0.1) is 55.2 Å². The van der Waals surface area contributed by atoms with E-state index < -0.39 is 49.3 Å². The Morgan fingerprint density at radius 1 is 0.879 bits per heavy atom. The van der Waals surface area contributed by atoms with Gasteiger partial charge in [0.15, 0.2) is 33.0 Å². The maximum absolute atomic E-state index is 12.9. The van der Waals surface area contributed by atoms with Crippen molar-refractivity contribution in [3.8, 4) is 11.8 Å². The Kier molecular flexibility index (Phi) is 14.6. The molecule has 18 nitrogen and oxygen atoms in total. The molecule has 21 heteroatoms. The Bertz CT molecular complexity index is 2260. The molecule has 1 atom stereocenters. The van der Waals surface area contributed by atoms with Crippen molar-refractivity contribution in [2.24, 2.45) is 11.8 Å². The molecule has 2 aromatic carbocycles. The summed E-state index contributed by atoms with van der Waals surface area (Å²) in [6.45, 7) is 0.808. The maximum Gasteiger partial charge on any atom is 0.336 e. The number of urea groups is 1. The van der Waals surface area contributed by atoms with Crippen LogP contribution < -0.4 is 24.2 Å². The van der Waals surface area contributed by atoms with Crippen LogP contribution in [0.4, 0.5) is 16.4 Å². The minimum Gasteiger partial charge on any atom is -0.481 e. The number of hydrogen-bond acceptors (Lipinski definition) is 15.